The third kappa shape index (κ3) is 5.00. The van der Waals surface area contributed by atoms with Crippen molar-refractivity contribution in [2.24, 2.45) is 0 Å². The van der Waals surface area contributed by atoms with Gasteiger partial charge in [-0.2, -0.15) is 0 Å². The normalized spacial score (nSPS) is 13.8. The summed E-state index contributed by atoms with van der Waals surface area (Å²) in [5.41, 5.74) is 1.03. The van der Waals surface area contributed by atoms with Crippen LogP contribution in [-0.4, -0.2) is 38.1 Å². The highest BCUT2D eigenvalue weighted by Gasteiger charge is 2.14. The van der Waals surface area contributed by atoms with Gasteiger partial charge in [-0.1, -0.05) is 0 Å². The van der Waals surface area contributed by atoms with Crippen molar-refractivity contribution in [1.29, 1.82) is 0 Å². The van der Waals surface area contributed by atoms with Crippen molar-refractivity contribution < 1.29 is 9.47 Å². The fourth-order valence-corrected chi connectivity index (χ4v) is 2.25. The number of alkyl halides is 2. The Kier molecular flexibility index (Phi) is 6.59. The van der Waals surface area contributed by atoms with E-state index in [1.165, 1.54) is 0 Å². The first-order valence-electron chi connectivity index (χ1n) is 6.23. The Bertz CT molecular complexity index is 387. The number of halogens is 2. The number of hydrogen-bond donors (Lipinski definition) is 0. The molecule has 1 aromatic rings. The number of ether oxygens (including phenoxy) is 2. The third-order valence-electron chi connectivity index (χ3n) is 2.68. The number of hydrogen-bond acceptors (Lipinski definition) is 3. The smallest absolute Gasteiger partial charge is 0.162 e. The summed E-state index contributed by atoms with van der Waals surface area (Å²) in [6.45, 7) is 5.39. The molecular weight excluding hydrogens is 285 g/mol. The van der Waals surface area contributed by atoms with Crippen LogP contribution in [0.3, 0.4) is 0 Å². The number of nitrogens with zero attached hydrogens (tertiary/aromatic N) is 1. The molecule has 0 fully saturated rings. The van der Waals surface area contributed by atoms with E-state index in [9.17, 15) is 0 Å². The van der Waals surface area contributed by atoms with Gasteiger partial charge in [0.05, 0.1) is 14.2 Å². The first-order chi connectivity index (χ1) is 8.97. The molecule has 0 radical (unpaired) electrons. The van der Waals surface area contributed by atoms with Crippen LogP contribution < -0.4 is 14.4 Å². The van der Waals surface area contributed by atoms with Crippen LogP contribution in [0, 0.1) is 0 Å². The lowest BCUT2D eigenvalue weighted by Crippen LogP contribution is -2.33. The van der Waals surface area contributed by atoms with E-state index in [4.69, 9.17) is 32.7 Å². The Balaban J connectivity index is 3.00. The molecule has 0 N–H and O–H groups in total. The van der Waals surface area contributed by atoms with Gasteiger partial charge in [-0.05, 0) is 26.0 Å². The van der Waals surface area contributed by atoms with Crippen LogP contribution in [0.4, 0.5) is 5.69 Å². The lowest BCUT2D eigenvalue weighted by Gasteiger charge is -2.27. The Hall–Kier alpha value is -0.800. The van der Waals surface area contributed by atoms with Gasteiger partial charge < -0.3 is 14.4 Å². The Morgan fingerprint density at radius 2 is 1.53 bits per heavy atom. The van der Waals surface area contributed by atoms with Crippen LogP contribution in [0.1, 0.15) is 13.8 Å². The van der Waals surface area contributed by atoms with Crippen LogP contribution in [0.25, 0.3) is 0 Å². The molecule has 0 aromatic heterocycles. The topological polar surface area (TPSA) is 21.7 Å². The van der Waals surface area contributed by atoms with Gasteiger partial charge in [0.1, 0.15) is 0 Å². The standard InChI is InChI=1S/C14H21Cl2NO2/c1-10(15)8-17(9-11(2)16)12-5-6-13(18-3)14(7-12)19-4/h5-7,10-11H,8-9H2,1-4H3/t10-,11-/m0/s1. The zero-order valence-electron chi connectivity index (χ0n) is 11.8. The number of methoxy groups -OCH3 is 2. The minimum atomic E-state index is 0.0449. The first-order valence-corrected chi connectivity index (χ1v) is 7.10. The van der Waals surface area contributed by atoms with E-state index in [2.05, 4.69) is 4.90 Å². The fourth-order valence-electron chi connectivity index (χ4n) is 1.91. The maximum atomic E-state index is 6.10. The van der Waals surface area contributed by atoms with E-state index in [1.807, 2.05) is 32.0 Å². The van der Waals surface area contributed by atoms with Gasteiger partial charge in [0.2, 0.25) is 0 Å². The second kappa shape index (κ2) is 7.71. The lowest BCUT2D eigenvalue weighted by atomic mass is 10.2. The average molecular weight is 306 g/mol. The van der Waals surface area contributed by atoms with E-state index in [0.717, 1.165) is 18.8 Å². The summed E-state index contributed by atoms with van der Waals surface area (Å²) in [6.07, 6.45) is 0. The zero-order valence-corrected chi connectivity index (χ0v) is 13.3. The van der Waals surface area contributed by atoms with Crippen molar-refractivity contribution in [2.75, 3.05) is 32.2 Å². The molecule has 0 heterocycles. The molecule has 0 aliphatic rings. The molecule has 108 valence electrons. The Labute approximate surface area is 125 Å². The molecule has 0 saturated carbocycles. The molecule has 0 spiro atoms. The van der Waals surface area contributed by atoms with Gasteiger partial charge in [-0.25, -0.2) is 0 Å². The van der Waals surface area contributed by atoms with Gasteiger partial charge >= 0.3 is 0 Å². The second-order valence-corrected chi connectivity index (χ2v) is 6.00. The molecule has 0 saturated heterocycles. The van der Waals surface area contributed by atoms with E-state index in [1.54, 1.807) is 14.2 Å². The monoisotopic (exact) mass is 305 g/mol. The maximum absolute atomic E-state index is 6.10. The van der Waals surface area contributed by atoms with Crippen molar-refractivity contribution in [2.45, 2.75) is 24.6 Å². The molecule has 1 rings (SSSR count). The molecule has 0 aliphatic heterocycles. The highest BCUT2D eigenvalue weighted by atomic mass is 35.5. The largest absolute Gasteiger partial charge is 0.493 e. The van der Waals surface area contributed by atoms with E-state index in [0.29, 0.717) is 11.5 Å². The van der Waals surface area contributed by atoms with Crippen LogP contribution in [0.15, 0.2) is 18.2 Å². The second-order valence-electron chi connectivity index (χ2n) is 4.51. The molecule has 1 aromatic carbocycles. The van der Waals surface area contributed by atoms with Crippen LogP contribution in [0.2, 0.25) is 0 Å². The maximum Gasteiger partial charge on any atom is 0.162 e. The zero-order chi connectivity index (χ0) is 14.4. The van der Waals surface area contributed by atoms with Crippen LogP contribution >= 0.6 is 23.2 Å². The molecule has 0 bridgehead atoms. The molecule has 0 unspecified atom stereocenters. The predicted octanol–water partition coefficient (Wildman–Crippen LogP) is 3.76. The van der Waals surface area contributed by atoms with Gasteiger partial charge in [0, 0.05) is 35.6 Å². The van der Waals surface area contributed by atoms with Crippen molar-refractivity contribution in [3.05, 3.63) is 18.2 Å². The average Bonchev–Trinajstić information content (AvgIpc) is 2.36. The molecule has 0 aliphatic carbocycles. The third-order valence-corrected chi connectivity index (χ3v) is 2.95. The minimum Gasteiger partial charge on any atom is -0.493 e. The van der Waals surface area contributed by atoms with Crippen molar-refractivity contribution >= 4 is 28.9 Å². The number of benzene rings is 1. The molecule has 2 atom stereocenters. The van der Waals surface area contributed by atoms with Crippen LogP contribution in [-0.2, 0) is 0 Å². The van der Waals surface area contributed by atoms with Crippen LogP contribution in [0.5, 0.6) is 11.5 Å². The molecule has 5 heteroatoms. The first kappa shape index (κ1) is 16.3. The molecular formula is C14H21Cl2NO2. The molecule has 19 heavy (non-hydrogen) atoms. The summed E-state index contributed by atoms with van der Waals surface area (Å²) in [5.74, 6) is 1.42. The van der Waals surface area contributed by atoms with E-state index >= 15 is 0 Å². The highest BCUT2D eigenvalue weighted by molar-refractivity contribution is 6.21. The SMILES string of the molecule is COc1ccc(N(C[C@H](C)Cl)C[C@H](C)Cl)cc1OC. The summed E-state index contributed by atoms with van der Waals surface area (Å²) in [5, 5.41) is 0.0898. The number of rotatable bonds is 7. The van der Waals surface area contributed by atoms with Gasteiger partial charge in [-0.15, -0.1) is 23.2 Å². The lowest BCUT2D eigenvalue weighted by molar-refractivity contribution is 0.355. The summed E-state index contributed by atoms with van der Waals surface area (Å²) < 4.78 is 10.6. The van der Waals surface area contributed by atoms with Gasteiger partial charge in [0.25, 0.3) is 0 Å². The van der Waals surface area contributed by atoms with Crippen molar-refractivity contribution in [3.63, 3.8) is 0 Å². The summed E-state index contributed by atoms with van der Waals surface area (Å²) in [6, 6.07) is 5.82. The van der Waals surface area contributed by atoms with Crippen molar-refractivity contribution in [1.82, 2.24) is 0 Å². The molecule has 3 nitrogen and oxygen atoms in total. The quantitative estimate of drug-likeness (QED) is 0.716. The van der Waals surface area contributed by atoms with E-state index < -0.39 is 0 Å². The molecule has 0 amide bonds. The number of anilines is 1. The minimum absolute atomic E-state index is 0.0449. The summed E-state index contributed by atoms with van der Waals surface area (Å²) in [4.78, 5) is 2.15. The van der Waals surface area contributed by atoms with Gasteiger partial charge in [-0.3, -0.25) is 0 Å². The van der Waals surface area contributed by atoms with Gasteiger partial charge in [0.15, 0.2) is 11.5 Å². The Morgan fingerprint density at radius 1 is 1.00 bits per heavy atom. The van der Waals surface area contributed by atoms with Crippen molar-refractivity contribution in [3.8, 4) is 11.5 Å². The Morgan fingerprint density at radius 3 is 1.95 bits per heavy atom. The highest BCUT2D eigenvalue weighted by Crippen LogP contribution is 2.32. The summed E-state index contributed by atoms with van der Waals surface area (Å²) >= 11 is 12.2. The predicted molar refractivity (Wildman–Crippen MR) is 82.4 cm³/mol. The fraction of sp³-hybridized carbons (Fsp3) is 0.571. The summed E-state index contributed by atoms with van der Waals surface area (Å²) in [7, 11) is 3.25. The van der Waals surface area contributed by atoms with E-state index in [-0.39, 0.29) is 10.8 Å².